The number of carbonyl (C=O) groups is 1. The van der Waals surface area contributed by atoms with Crippen LogP contribution >= 0.6 is 0 Å². The zero-order chi connectivity index (χ0) is 15.0. The lowest BCUT2D eigenvalue weighted by atomic mass is 10.2. The van der Waals surface area contributed by atoms with E-state index >= 15 is 0 Å². The highest BCUT2D eigenvalue weighted by Gasteiger charge is 2.12. The Morgan fingerprint density at radius 2 is 2.14 bits per heavy atom. The van der Waals surface area contributed by atoms with Crippen LogP contribution in [0.4, 0.5) is 10.2 Å². The van der Waals surface area contributed by atoms with Crippen LogP contribution in [0, 0.1) is 5.82 Å². The summed E-state index contributed by atoms with van der Waals surface area (Å²) in [5.41, 5.74) is 0.530. The van der Waals surface area contributed by atoms with E-state index in [1.54, 1.807) is 7.05 Å². The van der Waals surface area contributed by atoms with Gasteiger partial charge in [-0.05, 0) is 24.3 Å². The lowest BCUT2D eigenvalue weighted by Gasteiger charge is -2.03. The number of benzene rings is 1. The first kappa shape index (κ1) is 13.0. The minimum absolute atomic E-state index is 0.214. The molecule has 1 aromatic carbocycles. The molecule has 0 spiro atoms. The molecule has 0 radical (unpaired) electrons. The van der Waals surface area contributed by atoms with E-state index in [0.717, 1.165) is 0 Å². The summed E-state index contributed by atoms with van der Waals surface area (Å²) >= 11 is 0. The summed E-state index contributed by atoms with van der Waals surface area (Å²) in [6.45, 7) is 0. The van der Waals surface area contributed by atoms with Gasteiger partial charge in [-0.1, -0.05) is 0 Å². The number of pyridine rings is 1. The Bertz CT molecular complexity index is 897. The zero-order valence-electron chi connectivity index (χ0n) is 11.1. The second kappa shape index (κ2) is 4.86. The summed E-state index contributed by atoms with van der Waals surface area (Å²) in [5.74, 6) is -0.687. The Morgan fingerprint density at radius 1 is 1.33 bits per heavy atom. The molecule has 0 atom stereocenters. The van der Waals surface area contributed by atoms with Crippen molar-refractivity contribution >= 4 is 22.6 Å². The fraction of sp³-hybridized carbons (Fsp3) is 0.0714. The molecule has 0 aliphatic rings. The number of hydrogen-bond donors (Lipinski definition) is 2. The fourth-order valence-corrected chi connectivity index (χ4v) is 1.95. The van der Waals surface area contributed by atoms with E-state index in [1.807, 2.05) is 0 Å². The molecule has 6 nitrogen and oxygen atoms in total. The molecule has 0 saturated carbocycles. The standard InChI is InChI=1S/C14H11FN4O2/c1-19-5-4-8(6-12(19)20)14(21)16-13-10-7-9(15)2-3-11(10)17-18-13/h2-7H,1H3,(H2,16,17,18,21). The Morgan fingerprint density at radius 3 is 2.90 bits per heavy atom. The van der Waals surface area contributed by atoms with E-state index in [2.05, 4.69) is 15.5 Å². The third-order valence-corrected chi connectivity index (χ3v) is 3.12. The number of aromatic amines is 1. The molecular weight excluding hydrogens is 275 g/mol. The van der Waals surface area contributed by atoms with Gasteiger partial charge in [0, 0.05) is 30.3 Å². The monoisotopic (exact) mass is 286 g/mol. The van der Waals surface area contributed by atoms with E-state index in [1.165, 1.54) is 41.1 Å². The van der Waals surface area contributed by atoms with Gasteiger partial charge in [0.25, 0.3) is 11.5 Å². The summed E-state index contributed by atoms with van der Waals surface area (Å²) in [7, 11) is 1.59. The molecule has 0 unspecified atom stereocenters. The van der Waals surface area contributed by atoms with Crippen LogP contribution in [0.3, 0.4) is 0 Å². The van der Waals surface area contributed by atoms with Gasteiger partial charge in [-0.3, -0.25) is 14.7 Å². The third-order valence-electron chi connectivity index (χ3n) is 3.12. The third kappa shape index (κ3) is 2.40. The fourth-order valence-electron chi connectivity index (χ4n) is 1.95. The highest BCUT2D eigenvalue weighted by Crippen LogP contribution is 2.21. The number of anilines is 1. The van der Waals surface area contributed by atoms with Crippen LogP contribution in [0.2, 0.25) is 0 Å². The van der Waals surface area contributed by atoms with Crippen LogP contribution in [0.5, 0.6) is 0 Å². The number of aryl methyl sites for hydroxylation is 1. The molecule has 0 saturated heterocycles. The quantitative estimate of drug-likeness (QED) is 0.751. The minimum atomic E-state index is -0.481. The number of nitrogens with one attached hydrogen (secondary N) is 2. The van der Waals surface area contributed by atoms with Crippen molar-refractivity contribution in [3.05, 3.63) is 58.3 Å². The maximum absolute atomic E-state index is 13.3. The summed E-state index contributed by atoms with van der Waals surface area (Å²) in [5, 5.41) is 9.65. The van der Waals surface area contributed by atoms with Gasteiger partial charge in [-0.25, -0.2) is 4.39 Å². The van der Waals surface area contributed by atoms with Crippen molar-refractivity contribution in [1.82, 2.24) is 14.8 Å². The Labute approximate surface area is 118 Å². The summed E-state index contributed by atoms with van der Waals surface area (Å²) in [6, 6.07) is 6.86. The van der Waals surface area contributed by atoms with Gasteiger partial charge in [0.2, 0.25) is 0 Å². The number of rotatable bonds is 2. The molecule has 0 aliphatic heterocycles. The molecule has 106 valence electrons. The molecule has 3 aromatic rings. The maximum Gasteiger partial charge on any atom is 0.257 e. The Balaban J connectivity index is 1.94. The lowest BCUT2D eigenvalue weighted by molar-refractivity contribution is 0.102. The van der Waals surface area contributed by atoms with Crippen LogP contribution in [-0.4, -0.2) is 20.7 Å². The number of H-pyrrole nitrogens is 1. The average Bonchev–Trinajstić information content (AvgIpc) is 2.84. The second-order valence-corrected chi connectivity index (χ2v) is 4.58. The van der Waals surface area contributed by atoms with E-state index in [0.29, 0.717) is 10.9 Å². The molecular formula is C14H11FN4O2. The molecule has 0 bridgehead atoms. The minimum Gasteiger partial charge on any atom is -0.319 e. The van der Waals surface area contributed by atoms with Crippen molar-refractivity contribution < 1.29 is 9.18 Å². The van der Waals surface area contributed by atoms with Gasteiger partial charge in [-0.15, -0.1) is 0 Å². The summed E-state index contributed by atoms with van der Waals surface area (Å²) < 4.78 is 14.6. The van der Waals surface area contributed by atoms with Gasteiger partial charge in [-0.2, -0.15) is 5.10 Å². The van der Waals surface area contributed by atoms with Crippen molar-refractivity contribution in [1.29, 1.82) is 0 Å². The Kier molecular flexibility index (Phi) is 3.02. The van der Waals surface area contributed by atoms with Gasteiger partial charge in [0.15, 0.2) is 5.82 Å². The number of amides is 1. The highest BCUT2D eigenvalue weighted by atomic mass is 19.1. The Hall–Kier alpha value is -2.96. The largest absolute Gasteiger partial charge is 0.319 e. The number of hydrogen-bond acceptors (Lipinski definition) is 3. The van der Waals surface area contributed by atoms with Crippen molar-refractivity contribution in [3.63, 3.8) is 0 Å². The first-order valence-electron chi connectivity index (χ1n) is 6.16. The molecule has 0 aliphatic carbocycles. The van der Waals surface area contributed by atoms with Gasteiger partial charge in [0.05, 0.1) is 5.52 Å². The van der Waals surface area contributed by atoms with E-state index in [-0.39, 0.29) is 16.9 Å². The number of fused-ring (bicyclic) bond motifs is 1. The topological polar surface area (TPSA) is 79.8 Å². The molecule has 7 heteroatoms. The van der Waals surface area contributed by atoms with Gasteiger partial charge < -0.3 is 9.88 Å². The normalized spacial score (nSPS) is 10.8. The molecule has 2 aromatic heterocycles. The van der Waals surface area contributed by atoms with E-state index in [9.17, 15) is 14.0 Å². The predicted molar refractivity (Wildman–Crippen MR) is 75.7 cm³/mol. The maximum atomic E-state index is 13.3. The molecule has 1 amide bonds. The molecule has 2 N–H and O–H groups in total. The first-order chi connectivity index (χ1) is 10.0. The smallest absolute Gasteiger partial charge is 0.257 e. The van der Waals surface area contributed by atoms with Crippen LogP contribution in [0.1, 0.15) is 10.4 Å². The number of nitrogens with zero attached hydrogens (tertiary/aromatic N) is 2. The molecule has 0 fully saturated rings. The van der Waals surface area contributed by atoms with Gasteiger partial charge >= 0.3 is 0 Å². The van der Waals surface area contributed by atoms with Gasteiger partial charge in [0.1, 0.15) is 5.82 Å². The van der Waals surface area contributed by atoms with Crippen molar-refractivity contribution in [2.75, 3.05) is 5.32 Å². The predicted octanol–water partition coefficient (Wildman–Crippen LogP) is 1.65. The van der Waals surface area contributed by atoms with Crippen molar-refractivity contribution in [3.8, 4) is 0 Å². The van der Waals surface area contributed by atoms with Crippen molar-refractivity contribution in [2.45, 2.75) is 0 Å². The van der Waals surface area contributed by atoms with Crippen LogP contribution in [-0.2, 0) is 7.05 Å². The van der Waals surface area contributed by atoms with E-state index < -0.39 is 11.7 Å². The molecule has 3 rings (SSSR count). The van der Waals surface area contributed by atoms with Crippen molar-refractivity contribution in [2.24, 2.45) is 7.05 Å². The highest BCUT2D eigenvalue weighted by molar-refractivity contribution is 6.07. The number of carbonyl (C=O) groups excluding carboxylic acids is 1. The van der Waals surface area contributed by atoms with Crippen LogP contribution in [0.25, 0.3) is 10.9 Å². The van der Waals surface area contributed by atoms with Crippen LogP contribution in [0.15, 0.2) is 41.3 Å². The summed E-state index contributed by atoms with van der Waals surface area (Å²) in [6.07, 6.45) is 1.50. The summed E-state index contributed by atoms with van der Waals surface area (Å²) in [4.78, 5) is 23.6. The second-order valence-electron chi connectivity index (χ2n) is 4.58. The van der Waals surface area contributed by atoms with E-state index in [4.69, 9.17) is 0 Å². The SMILES string of the molecule is Cn1ccc(C(=O)Nc2n[nH]c3ccc(F)cc23)cc1=O. The number of halogens is 1. The molecule has 21 heavy (non-hydrogen) atoms. The first-order valence-corrected chi connectivity index (χ1v) is 6.16. The zero-order valence-corrected chi connectivity index (χ0v) is 11.1. The number of aromatic nitrogens is 3. The molecule has 2 heterocycles. The average molecular weight is 286 g/mol. The lowest BCUT2D eigenvalue weighted by Crippen LogP contribution is -2.20. The van der Waals surface area contributed by atoms with Crippen LogP contribution < -0.4 is 10.9 Å².